The molecule has 2 N–H and O–H groups in total. The number of rotatable bonds is 12. The molecule has 0 bridgehead atoms. The normalized spacial score (nSPS) is 13.7. The molecule has 0 aromatic heterocycles. The predicted molar refractivity (Wildman–Crippen MR) is 74.7 cm³/mol. The Balaban J connectivity index is 3.97. The minimum absolute atomic E-state index is 0.420. The maximum atomic E-state index is 13.5. The molecular weight excluding hydrogens is 318 g/mol. The Morgan fingerprint density at radius 1 is 1.00 bits per heavy atom. The van der Waals surface area contributed by atoms with Crippen LogP contribution in [0.25, 0.3) is 0 Å². The molecule has 0 spiro atoms. The van der Waals surface area contributed by atoms with Crippen molar-refractivity contribution < 1.29 is 42.8 Å². The minimum atomic E-state index is -3.39. The fraction of sp³-hybridized carbons (Fsp3) is 0.571. The summed E-state index contributed by atoms with van der Waals surface area (Å²) in [5.41, 5.74) is 0. The molecule has 0 amide bonds. The van der Waals surface area contributed by atoms with Crippen LogP contribution in [0.15, 0.2) is 25.3 Å². The summed E-state index contributed by atoms with van der Waals surface area (Å²) in [5, 5.41) is 18.7. The summed E-state index contributed by atoms with van der Waals surface area (Å²) in [6.07, 6.45) is -2.10. The number of alkyl halides is 2. The average molecular weight is 338 g/mol. The van der Waals surface area contributed by atoms with Gasteiger partial charge in [-0.1, -0.05) is 13.2 Å². The highest BCUT2D eigenvalue weighted by Crippen LogP contribution is 2.21. The van der Waals surface area contributed by atoms with E-state index in [0.29, 0.717) is 0 Å². The molecular formula is C14H20F2O7. The summed E-state index contributed by atoms with van der Waals surface area (Å²) in [6, 6.07) is 0. The van der Waals surface area contributed by atoms with Crippen LogP contribution in [0.2, 0.25) is 0 Å². The number of ether oxygens (including phenoxy) is 3. The molecule has 23 heavy (non-hydrogen) atoms. The van der Waals surface area contributed by atoms with Crippen molar-refractivity contribution in [2.45, 2.75) is 24.6 Å². The Morgan fingerprint density at radius 3 is 1.96 bits per heavy atom. The summed E-state index contributed by atoms with van der Waals surface area (Å²) in [6.45, 7) is 3.70. The second-order valence-corrected chi connectivity index (χ2v) is 4.55. The fourth-order valence-corrected chi connectivity index (χ4v) is 1.33. The number of aliphatic hydroxyl groups excluding tert-OH is 2. The van der Waals surface area contributed by atoms with Gasteiger partial charge in [0, 0.05) is 18.6 Å². The number of esters is 2. The minimum Gasteiger partial charge on any atom is -0.460 e. The number of carbonyl (C=O) groups is 2. The molecule has 0 aromatic carbocycles. The SMILES string of the molecule is C=CC(=O)OCC(O)COCC(F)(F)CC(O)COC(=O)C=C. The van der Waals surface area contributed by atoms with E-state index < -0.39 is 62.9 Å². The lowest BCUT2D eigenvalue weighted by atomic mass is 10.1. The van der Waals surface area contributed by atoms with Crippen LogP contribution in [-0.2, 0) is 23.8 Å². The second kappa shape index (κ2) is 10.8. The van der Waals surface area contributed by atoms with Crippen LogP contribution in [0.3, 0.4) is 0 Å². The van der Waals surface area contributed by atoms with E-state index in [1.807, 2.05) is 0 Å². The van der Waals surface area contributed by atoms with Crippen LogP contribution >= 0.6 is 0 Å². The number of hydrogen-bond acceptors (Lipinski definition) is 7. The van der Waals surface area contributed by atoms with Crippen LogP contribution in [0.1, 0.15) is 6.42 Å². The lowest BCUT2D eigenvalue weighted by Gasteiger charge is -2.20. The Labute approximate surface area is 132 Å². The second-order valence-electron chi connectivity index (χ2n) is 4.55. The quantitative estimate of drug-likeness (QED) is 0.387. The van der Waals surface area contributed by atoms with Gasteiger partial charge in [0.25, 0.3) is 5.92 Å². The van der Waals surface area contributed by atoms with Crippen molar-refractivity contribution in [1.29, 1.82) is 0 Å². The fourth-order valence-electron chi connectivity index (χ4n) is 1.33. The van der Waals surface area contributed by atoms with Crippen molar-refractivity contribution in [2.75, 3.05) is 26.4 Å². The standard InChI is InChI=1S/C14H20F2O7/c1-3-12(19)22-7-10(17)5-14(15,16)9-21-6-11(18)8-23-13(20)4-2/h3-4,10-11,17-18H,1-2,5-9H2. The highest BCUT2D eigenvalue weighted by molar-refractivity contribution is 5.81. The average Bonchev–Trinajstić information content (AvgIpc) is 2.49. The van der Waals surface area contributed by atoms with Gasteiger partial charge < -0.3 is 24.4 Å². The zero-order valence-electron chi connectivity index (χ0n) is 12.5. The van der Waals surface area contributed by atoms with Gasteiger partial charge in [-0.3, -0.25) is 0 Å². The van der Waals surface area contributed by atoms with Gasteiger partial charge in [-0.15, -0.1) is 0 Å². The van der Waals surface area contributed by atoms with Crippen molar-refractivity contribution in [1.82, 2.24) is 0 Å². The first-order chi connectivity index (χ1) is 10.7. The number of halogens is 2. The Bertz CT molecular complexity index is 412. The van der Waals surface area contributed by atoms with Gasteiger partial charge in [-0.05, 0) is 0 Å². The van der Waals surface area contributed by atoms with E-state index in [4.69, 9.17) is 0 Å². The molecule has 132 valence electrons. The number of aliphatic hydroxyl groups is 2. The summed E-state index contributed by atoms with van der Waals surface area (Å²) < 4.78 is 40.5. The first-order valence-electron chi connectivity index (χ1n) is 6.60. The highest BCUT2D eigenvalue weighted by atomic mass is 19.3. The Morgan fingerprint density at radius 2 is 1.48 bits per heavy atom. The van der Waals surface area contributed by atoms with Gasteiger partial charge in [0.15, 0.2) is 0 Å². The Kier molecular flexibility index (Phi) is 9.95. The topological polar surface area (TPSA) is 102 Å². The maximum absolute atomic E-state index is 13.5. The van der Waals surface area contributed by atoms with Gasteiger partial charge in [-0.25, -0.2) is 18.4 Å². The lowest BCUT2D eigenvalue weighted by molar-refractivity contribution is -0.148. The molecule has 0 aliphatic rings. The zero-order valence-corrected chi connectivity index (χ0v) is 12.5. The zero-order chi connectivity index (χ0) is 17.9. The number of hydrogen-bond donors (Lipinski definition) is 2. The summed E-state index contributed by atoms with van der Waals surface area (Å²) >= 11 is 0. The van der Waals surface area contributed by atoms with E-state index in [0.717, 1.165) is 12.2 Å². The third kappa shape index (κ3) is 11.4. The molecule has 2 unspecified atom stereocenters. The highest BCUT2D eigenvalue weighted by Gasteiger charge is 2.33. The van der Waals surface area contributed by atoms with Crippen LogP contribution < -0.4 is 0 Å². The molecule has 0 saturated carbocycles. The molecule has 9 heteroatoms. The van der Waals surface area contributed by atoms with E-state index in [9.17, 15) is 28.6 Å². The van der Waals surface area contributed by atoms with Crippen LogP contribution in [0.5, 0.6) is 0 Å². The maximum Gasteiger partial charge on any atom is 0.330 e. The van der Waals surface area contributed by atoms with Gasteiger partial charge in [0.05, 0.1) is 12.7 Å². The van der Waals surface area contributed by atoms with Crippen molar-refractivity contribution in [2.24, 2.45) is 0 Å². The first kappa shape index (κ1) is 21.2. The summed E-state index contributed by atoms with van der Waals surface area (Å²) in [5.74, 6) is -4.98. The van der Waals surface area contributed by atoms with Gasteiger partial charge in [-0.2, -0.15) is 0 Å². The molecule has 7 nitrogen and oxygen atoms in total. The molecule has 0 saturated heterocycles. The smallest absolute Gasteiger partial charge is 0.330 e. The van der Waals surface area contributed by atoms with E-state index in [2.05, 4.69) is 27.4 Å². The molecule has 2 atom stereocenters. The summed E-state index contributed by atoms with van der Waals surface area (Å²) in [7, 11) is 0. The first-order valence-corrected chi connectivity index (χ1v) is 6.60. The van der Waals surface area contributed by atoms with E-state index >= 15 is 0 Å². The summed E-state index contributed by atoms with van der Waals surface area (Å²) in [4.78, 5) is 21.4. The van der Waals surface area contributed by atoms with Gasteiger partial charge in [0.1, 0.15) is 25.9 Å². The number of carbonyl (C=O) groups excluding carboxylic acids is 2. The monoisotopic (exact) mass is 338 g/mol. The van der Waals surface area contributed by atoms with Crippen molar-refractivity contribution in [3.8, 4) is 0 Å². The van der Waals surface area contributed by atoms with E-state index in [1.54, 1.807) is 0 Å². The molecule has 0 aliphatic carbocycles. The molecule has 0 aromatic rings. The van der Waals surface area contributed by atoms with Crippen molar-refractivity contribution in [3.05, 3.63) is 25.3 Å². The molecule has 0 radical (unpaired) electrons. The predicted octanol–water partition coefficient (Wildman–Crippen LogP) is 0.209. The third-order valence-corrected chi connectivity index (χ3v) is 2.33. The molecule has 0 rings (SSSR count). The molecule has 0 heterocycles. The van der Waals surface area contributed by atoms with Gasteiger partial charge in [0.2, 0.25) is 0 Å². The van der Waals surface area contributed by atoms with Crippen LogP contribution in [-0.4, -0.2) is 66.7 Å². The van der Waals surface area contributed by atoms with Crippen molar-refractivity contribution >= 4 is 11.9 Å². The molecule has 0 fully saturated rings. The van der Waals surface area contributed by atoms with Gasteiger partial charge >= 0.3 is 11.9 Å². The largest absolute Gasteiger partial charge is 0.460 e. The Hall–Kier alpha value is -1.84. The van der Waals surface area contributed by atoms with E-state index in [1.165, 1.54) is 0 Å². The third-order valence-electron chi connectivity index (χ3n) is 2.33. The van der Waals surface area contributed by atoms with Crippen LogP contribution in [0, 0.1) is 0 Å². The van der Waals surface area contributed by atoms with E-state index in [-0.39, 0.29) is 0 Å². The van der Waals surface area contributed by atoms with Crippen molar-refractivity contribution in [3.63, 3.8) is 0 Å². The van der Waals surface area contributed by atoms with Crippen LogP contribution in [0.4, 0.5) is 8.78 Å². The molecule has 0 aliphatic heterocycles. The lowest BCUT2D eigenvalue weighted by Crippen LogP contribution is -2.33.